The molecule has 470 valence electrons. The summed E-state index contributed by atoms with van der Waals surface area (Å²) in [6.07, 6.45) is -10.9. The highest BCUT2D eigenvalue weighted by Gasteiger charge is 2.52. The first-order valence-corrected chi connectivity index (χ1v) is 28.7. The molecule has 2 fully saturated rings. The van der Waals surface area contributed by atoms with Crippen LogP contribution in [0, 0.1) is 0 Å². The van der Waals surface area contributed by atoms with Crippen molar-refractivity contribution in [1.82, 2.24) is 20.7 Å². The molecule has 0 radical (unpaired) electrons. The third-order valence-corrected chi connectivity index (χ3v) is 18.1. The smallest absolute Gasteiger partial charge is 0.240 e. The largest absolute Gasteiger partial charge is 0.507 e. The Balaban J connectivity index is 0.877. The molecule has 6 aliphatic rings. The summed E-state index contributed by atoms with van der Waals surface area (Å²) in [7, 11) is 9.68. The number of aliphatic hydroxyl groups excluding tert-OH is 2. The van der Waals surface area contributed by atoms with E-state index >= 15 is 0 Å². The third-order valence-electron chi connectivity index (χ3n) is 18.1. The number of hydrazone groups is 2. The molecule has 4 aromatic carbocycles. The van der Waals surface area contributed by atoms with Gasteiger partial charge in [0.25, 0.3) is 0 Å². The fourth-order valence-electron chi connectivity index (χ4n) is 13.1. The molecule has 2 heterocycles. The van der Waals surface area contributed by atoms with Crippen LogP contribution < -0.4 is 20.3 Å². The number of carbonyl (C=O) groups excluding carboxylic acids is 6. The SMILES string of the molecule is COc1cccc2c1C(=O)c1c(O)c3c(c(O)c1C2=O)CC(O)(/C(C)=N/NC(=O)CCC(=O)N/N=C(\C)C1(O)Cc2c(O)c4c(c(O)c2C(OC2CC(N(C)C)C(O)C(C)O2)C1)C(=O)c1c(OC)cccc1C4=O)CC3OC1CC(N(C)C)C(O)C(C)O1. The van der Waals surface area contributed by atoms with Crippen molar-refractivity contribution >= 4 is 46.4 Å². The van der Waals surface area contributed by atoms with Gasteiger partial charge in [0.05, 0.1) is 95.6 Å². The van der Waals surface area contributed by atoms with Crippen LogP contribution in [-0.4, -0.2) is 200 Å². The molecule has 12 atom stereocenters. The van der Waals surface area contributed by atoms with E-state index < -0.39 is 191 Å². The molecule has 88 heavy (non-hydrogen) atoms. The van der Waals surface area contributed by atoms with E-state index in [4.69, 9.17) is 28.4 Å². The number of methoxy groups -OCH3 is 2. The van der Waals surface area contributed by atoms with E-state index in [1.165, 1.54) is 64.5 Å². The molecule has 0 saturated carbocycles. The molecule has 0 spiro atoms. The monoisotopic (exact) mass is 1220 g/mol. The molecule has 4 aromatic rings. The lowest BCUT2D eigenvalue weighted by Crippen LogP contribution is -2.54. The molecular formula is C62H72N6O20. The number of phenols is 4. The molecule has 12 unspecified atom stereocenters. The van der Waals surface area contributed by atoms with Gasteiger partial charge >= 0.3 is 0 Å². The molecule has 10 rings (SSSR count). The zero-order valence-electron chi connectivity index (χ0n) is 50.2. The summed E-state index contributed by atoms with van der Waals surface area (Å²) in [6, 6.07) is 7.75. The number of nitrogens with zero attached hydrogens (tertiary/aromatic N) is 4. The van der Waals surface area contributed by atoms with E-state index in [1.54, 1.807) is 51.8 Å². The van der Waals surface area contributed by atoms with Crippen molar-refractivity contribution in [2.45, 2.75) is 152 Å². The van der Waals surface area contributed by atoms with Crippen LogP contribution in [0.25, 0.3) is 0 Å². The number of hydrogen-bond donors (Lipinski definition) is 10. The number of likely N-dealkylation sites (N-methyl/N-ethyl adjacent to an activating group) is 2. The van der Waals surface area contributed by atoms with E-state index in [1.807, 2.05) is 0 Å². The minimum atomic E-state index is -2.10. The number of carbonyl (C=O) groups is 6. The highest BCUT2D eigenvalue weighted by atomic mass is 16.7. The molecular weight excluding hydrogens is 1150 g/mol. The topological polar surface area (TPSA) is 375 Å². The van der Waals surface area contributed by atoms with Crippen LogP contribution in [0.1, 0.15) is 164 Å². The zero-order valence-corrected chi connectivity index (χ0v) is 50.2. The number of ketones is 4. The minimum absolute atomic E-state index is 0.0572. The third kappa shape index (κ3) is 10.9. The van der Waals surface area contributed by atoms with Crippen molar-refractivity contribution in [3.63, 3.8) is 0 Å². The van der Waals surface area contributed by atoms with Gasteiger partial charge in [0.15, 0.2) is 24.1 Å². The van der Waals surface area contributed by atoms with Crippen molar-refractivity contribution in [3.8, 4) is 34.5 Å². The summed E-state index contributed by atoms with van der Waals surface area (Å²) >= 11 is 0. The number of amides is 2. The summed E-state index contributed by atoms with van der Waals surface area (Å²) in [4.78, 5) is 87.3. The fourth-order valence-corrected chi connectivity index (χ4v) is 13.1. The summed E-state index contributed by atoms with van der Waals surface area (Å²) in [5.74, 6) is -7.52. The molecule has 10 N–H and O–H groups in total. The lowest BCUT2D eigenvalue weighted by molar-refractivity contribution is -0.255. The van der Waals surface area contributed by atoms with Crippen LogP contribution in [0.5, 0.6) is 34.5 Å². The number of hydrogen-bond acceptors (Lipinski definition) is 24. The van der Waals surface area contributed by atoms with E-state index in [2.05, 4.69) is 21.1 Å². The van der Waals surface area contributed by atoms with Gasteiger partial charge in [-0.25, -0.2) is 10.9 Å². The Labute approximate surface area is 505 Å². The first-order valence-electron chi connectivity index (χ1n) is 28.7. The lowest BCUT2D eigenvalue weighted by Gasteiger charge is -2.44. The number of phenolic OH excluding ortho intramolecular Hbond substituents is 4. The standard InChI is InChI=1S/C62H72N6O20/c1-25-51(71)33(67(5)6)19-41(85-25)87-37-23-61(81,21-31-45(37)59(79)49-47(55(31)75)53(73)29-13-11-15-35(83-9)43(29)57(49)77)27(3)63-65-39(69)17-18-40(70)66-64-28(4)62(82)22-32-46(38(24-62)88-42-20-34(68(7)8)52(72)26(2)86-42)60(80)50-48(56(32)76)54(74)30-14-12-16-36(84-10)44(30)58(50)78/h11-16,25-26,33-34,37-38,41-42,51-52,71-72,75-76,79-82H,17-24H2,1-10H3,(H,65,69)(H,66,70)/b63-27+,64-28+. The van der Waals surface area contributed by atoms with Gasteiger partial charge < -0.3 is 79.1 Å². The van der Waals surface area contributed by atoms with Crippen LogP contribution in [0.15, 0.2) is 46.6 Å². The number of aromatic hydroxyl groups is 4. The average Bonchev–Trinajstić information content (AvgIpc) is 0.728. The maximum Gasteiger partial charge on any atom is 0.240 e. The maximum absolute atomic E-state index is 14.3. The minimum Gasteiger partial charge on any atom is -0.507 e. The molecule has 26 heteroatoms. The summed E-state index contributed by atoms with van der Waals surface area (Å²) in [6.45, 7) is 6.03. The normalized spacial score (nSPS) is 28.5. The zero-order chi connectivity index (χ0) is 63.9. The van der Waals surface area contributed by atoms with Gasteiger partial charge in [-0.15, -0.1) is 0 Å². The number of fused-ring (bicyclic) bond motifs is 6. The molecule has 2 saturated heterocycles. The Morgan fingerprint density at radius 1 is 0.580 bits per heavy atom. The fraction of sp³-hybridized carbons (Fsp3) is 0.484. The van der Waals surface area contributed by atoms with Gasteiger partial charge in [-0.1, -0.05) is 24.3 Å². The van der Waals surface area contributed by atoms with Gasteiger partial charge in [0, 0.05) is 96.8 Å². The second-order valence-corrected chi connectivity index (χ2v) is 23.9. The Bertz CT molecular complexity index is 3410. The van der Waals surface area contributed by atoms with Crippen LogP contribution >= 0.6 is 0 Å². The van der Waals surface area contributed by atoms with Crippen molar-refractivity contribution in [1.29, 1.82) is 0 Å². The highest BCUT2D eigenvalue weighted by molar-refractivity contribution is 6.32. The molecule has 26 nitrogen and oxygen atoms in total. The van der Waals surface area contributed by atoms with E-state index in [0.29, 0.717) is 0 Å². The van der Waals surface area contributed by atoms with Crippen LogP contribution in [0.3, 0.4) is 0 Å². The van der Waals surface area contributed by atoms with Crippen LogP contribution in [0.2, 0.25) is 0 Å². The van der Waals surface area contributed by atoms with Gasteiger partial charge in [0.2, 0.25) is 23.4 Å². The van der Waals surface area contributed by atoms with Crippen molar-refractivity contribution in [2.75, 3.05) is 42.4 Å². The second kappa shape index (κ2) is 24.0. The second-order valence-electron chi connectivity index (χ2n) is 23.9. The molecule has 0 bridgehead atoms. The average molecular weight is 1220 g/mol. The van der Waals surface area contributed by atoms with Gasteiger partial charge in [-0.05, 0) is 68.0 Å². The number of aliphatic hydroxyl groups is 4. The molecule has 2 amide bonds. The van der Waals surface area contributed by atoms with Crippen molar-refractivity contribution < 1.29 is 98.0 Å². The highest BCUT2D eigenvalue weighted by Crippen LogP contribution is 2.55. The summed E-state index contributed by atoms with van der Waals surface area (Å²) < 4.78 is 35.9. The van der Waals surface area contributed by atoms with E-state index in [9.17, 15) is 69.6 Å². The van der Waals surface area contributed by atoms with Gasteiger partial charge in [-0.3, -0.25) is 28.8 Å². The number of ether oxygens (including phenoxy) is 6. The van der Waals surface area contributed by atoms with Crippen molar-refractivity contribution in [2.24, 2.45) is 10.2 Å². The Morgan fingerprint density at radius 2 is 0.932 bits per heavy atom. The lowest BCUT2D eigenvalue weighted by atomic mass is 9.71. The number of nitrogens with one attached hydrogen (secondary N) is 2. The van der Waals surface area contributed by atoms with Crippen molar-refractivity contribution in [3.05, 3.63) is 103 Å². The predicted octanol–water partition coefficient (Wildman–Crippen LogP) is 2.86. The Morgan fingerprint density at radius 3 is 1.27 bits per heavy atom. The van der Waals surface area contributed by atoms with Crippen LogP contribution in [0.4, 0.5) is 0 Å². The first-order chi connectivity index (χ1) is 41.6. The van der Waals surface area contributed by atoms with Gasteiger partial charge in [0.1, 0.15) is 45.7 Å². The predicted molar refractivity (Wildman–Crippen MR) is 310 cm³/mol. The molecule has 2 aliphatic heterocycles. The van der Waals surface area contributed by atoms with E-state index in [-0.39, 0.29) is 80.3 Å². The maximum atomic E-state index is 14.3. The summed E-state index contributed by atoms with van der Waals surface area (Å²) in [5.41, 5.74) is -2.81. The molecule has 0 aromatic heterocycles. The quantitative estimate of drug-likeness (QED) is 0.0401. The van der Waals surface area contributed by atoms with Crippen LogP contribution in [-0.2, 0) is 41.4 Å². The molecule has 4 aliphatic carbocycles. The number of benzene rings is 4. The first kappa shape index (κ1) is 63.3. The van der Waals surface area contributed by atoms with Gasteiger partial charge in [-0.2, -0.15) is 10.2 Å². The summed E-state index contributed by atoms with van der Waals surface area (Å²) in [5, 5.41) is 104. The number of rotatable bonds is 15. The van der Waals surface area contributed by atoms with E-state index in [0.717, 1.165) is 0 Å². The Hall–Kier alpha value is -7.76. The Kier molecular flexibility index (Phi) is 17.2.